The summed E-state index contributed by atoms with van der Waals surface area (Å²) in [6.07, 6.45) is 2.02. The van der Waals surface area contributed by atoms with E-state index in [0.29, 0.717) is 47.5 Å². The summed E-state index contributed by atoms with van der Waals surface area (Å²) < 4.78 is 29.5. The molecule has 9 heteroatoms. The van der Waals surface area contributed by atoms with Gasteiger partial charge in [-0.1, -0.05) is 0 Å². The summed E-state index contributed by atoms with van der Waals surface area (Å²) in [6, 6.07) is 12.4. The molecule has 2 heterocycles. The van der Waals surface area contributed by atoms with Gasteiger partial charge in [0.2, 0.25) is 5.75 Å². The number of hydrogen-bond donors (Lipinski definition) is 1. The van der Waals surface area contributed by atoms with E-state index in [9.17, 15) is 4.79 Å². The molecule has 0 saturated carbocycles. The Hall–Kier alpha value is -4.01. The van der Waals surface area contributed by atoms with E-state index in [1.54, 1.807) is 31.3 Å². The normalized spacial score (nSPS) is 14.7. The van der Waals surface area contributed by atoms with Crippen LogP contribution in [0.1, 0.15) is 17.3 Å². The lowest BCUT2D eigenvalue weighted by Crippen LogP contribution is -2.44. The highest BCUT2D eigenvalue weighted by Gasteiger charge is 2.34. The predicted molar refractivity (Wildman–Crippen MR) is 128 cm³/mol. The number of rotatable bonds is 7. The molecule has 0 aliphatic carbocycles. The molecule has 3 aromatic rings. The maximum absolute atomic E-state index is 13.6. The van der Waals surface area contributed by atoms with Crippen molar-refractivity contribution in [3.8, 4) is 28.7 Å². The molecule has 9 nitrogen and oxygen atoms in total. The number of aromatic nitrogens is 1. The van der Waals surface area contributed by atoms with Gasteiger partial charge in [-0.3, -0.25) is 0 Å². The van der Waals surface area contributed by atoms with E-state index in [-0.39, 0.29) is 12.1 Å². The summed E-state index contributed by atoms with van der Waals surface area (Å²) in [7, 11) is 7.84. The largest absolute Gasteiger partial charge is 0.497 e. The maximum Gasteiger partial charge on any atom is 0.322 e. The molecule has 0 unspecified atom stereocenters. The van der Waals surface area contributed by atoms with Crippen molar-refractivity contribution in [2.45, 2.75) is 12.6 Å². The predicted octanol–water partition coefficient (Wildman–Crippen LogP) is 4.17. The Morgan fingerprint density at radius 3 is 2.18 bits per heavy atom. The molecular weight excluding hydrogens is 438 g/mol. The summed E-state index contributed by atoms with van der Waals surface area (Å²) in [5.41, 5.74) is 2.34. The second-order valence-electron chi connectivity index (χ2n) is 7.67. The average Bonchev–Trinajstić information content (AvgIpc) is 3.36. The molecule has 4 rings (SSSR count). The first-order chi connectivity index (χ1) is 16.5. The van der Waals surface area contributed by atoms with E-state index < -0.39 is 0 Å². The number of amides is 2. The van der Waals surface area contributed by atoms with Crippen molar-refractivity contribution in [1.82, 2.24) is 9.47 Å². The Kier molecular flexibility index (Phi) is 6.72. The highest BCUT2D eigenvalue weighted by atomic mass is 16.5. The SMILES string of the molecule is COc1ccc(OC)c([C@@H]2c3cccn3CCN2C(=O)Nc2cc(OC)c(OC)c(OC)c2)c1. The molecule has 0 saturated heterocycles. The van der Waals surface area contributed by atoms with Crippen LogP contribution in [0.25, 0.3) is 0 Å². The Morgan fingerprint density at radius 2 is 1.56 bits per heavy atom. The molecule has 34 heavy (non-hydrogen) atoms. The number of carbonyl (C=O) groups excluding carboxylic acids is 1. The Morgan fingerprint density at radius 1 is 0.853 bits per heavy atom. The highest BCUT2D eigenvalue weighted by molar-refractivity contribution is 5.91. The van der Waals surface area contributed by atoms with Gasteiger partial charge in [0.25, 0.3) is 0 Å². The zero-order valence-corrected chi connectivity index (χ0v) is 20.0. The van der Waals surface area contributed by atoms with Crippen molar-refractivity contribution in [1.29, 1.82) is 0 Å². The van der Waals surface area contributed by atoms with Crippen LogP contribution in [0, 0.1) is 0 Å². The minimum atomic E-state index is -0.379. The van der Waals surface area contributed by atoms with E-state index in [1.165, 1.54) is 21.3 Å². The second-order valence-corrected chi connectivity index (χ2v) is 7.67. The lowest BCUT2D eigenvalue weighted by atomic mass is 9.98. The molecule has 1 aliphatic heterocycles. The van der Waals surface area contributed by atoms with Gasteiger partial charge in [0.05, 0.1) is 41.2 Å². The number of nitrogens with one attached hydrogen (secondary N) is 1. The van der Waals surface area contributed by atoms with Gasteiger partial charge in [0.1, 0.15) is 17.5 Å². The van der Waals surface area contributed by atoms with E-state index >= 15 is 0 Å². The third-order valence-corrected chi connectivity index (χ3v) is 5.95. The molecule has 180 valence electrons. The van der Waals surface area contributed by atoms with E-state index in [4.69, 9.17) is 23.7 Å². The summed E-state index contributed by atoms with van der Waals surface area (Å²) in [5, 5.41) is 2.99. The summed E-state index contributed by atoms with van der Waals surface area (Å²) in [6.45, 7) is 1.18. The van der Waals surface area contributed by atoms with E-state index in [0.717, 1.165) is 11.3 Å². The Bertz CT molecular complexity index is 1150. The number of nitrogens with zero attached hydrogens (tertiary/aromatic N) is 2. The monoisotopic (exact) mass is 467 g/mol. The summed E-state index contributed by atoms with van der Waals surface area (Å²) in [5.74, 6) is 2.72. The number of ether oxygens (including phenoxy) is 5. The van der Waals surface area contributed by atoms with Crippen LogP contribution in [0.4, 0.5) is 10.5 Å². The van der Waals surface area contributed by atoms with E-state index in [1.807, 2.05) is 36.5 Å². The molecule has 0 bridgehead atoms. The summed E-state index contributed by atoms with van der Waals surface area (Å²) in [4.78, 5) is 15.4. The third-order valence-electron chi connectivity index (χ3n) is 5.95. The number of fused-ring (bicyclic) bond motifs is 1. The van der Waals surface area contributed by atoms with Crippen molar-refractivity contribution >= 4 is 11.7 Å². The topological polar surface area (TPSA) is 83.4 Å². The minimum Gasteiger partial charge on any atom is -0.497 e. The molecule has 1 N–H and O–H groups in total. The van der Waals surface area contributed by atoms with Gasteiger partial charge >= 0.3 is 6.03 Å². The molecule has 1 atom stereocenters. The molecule has 2 aromatic carbocycles. The standard InChI is InChI=1S/C25H29N3O6/c1-30-17-8-9-20(31-2)18(15-17)23-19-7-6-10-27(19)11-12-28(23)25(29)26-16-13-21(32-3)24(34-5)22(14-16)33-4/h6-10,13-15,23H,11-12H2,1-5H3,(H,26,29)/t23-/m1/s1. The fourth-order valence-corrected chi connectivity index (χ4v) is 4.33. The minimum absolute atomic E-state index is 0.267. The zero-order valence-electron chi connectivity index (χ0n) is 20.0. The molecule has 0 fully saturated rings. The zero-order chi connectivity index (χ0) is 24.2. The van der Waals surface area contributed by atoms with Gasteiger partial charge in [-0.25, -0.2) is 4.79 Å². The first-order valence-corrected chi connectivity index (χ1v) is 10.8. The molecular formula is C25H29N3O6. The van der Waals surface area contributed by atoms with Crippen LogP contribution in [-0.4, -0.2) is 57.6 Å². The van der Waals surface area contributed by atoms with E-state index in [2.05, 4.69) is 9.88 Å². The number of urea groups is 1. The van der Waals surface area contributed by atoms with Crippen molar-refractivity contribution in [2.24, 2.45) is 0 Å². The molecule has 1 aromatic heterocycles. The molecule has 0 radical (unpaired) electrons. The van der Waals surface area contributed by atoms with Gasteiger partial charge in [0, 0.05) is 42.7 Å². The number of benzene rings is 2. The Balaban J connectivity index is 1.73. The van der Waals surface area contributed by atoms with Crippen molar-refractivity contribution < 1.29 is 28.5 Å². The highest BCUT2D eigenvalue weighted by Crippen LogP contribution is 2.42. The fraction of sp³-hybridized carbons (Fsp3) is 0.320. The van der Waals surface area contributed by atoms with Gasteiger partial charge < -0.3 is 38.5 Å². The van der Waals surface area contributed by atoms with Crippen molar-refractivity contribution in [3.05, 3.63) is 59.9 Å². The first kappa shape index (κ1) is 23.2. The molecule has 2 amide bonds. The average molecular weight is 468 g/mol. The van der Waals surface area contributed by atoms with Crippen molar-refractivity contribution in [3.63, 3.8) is 0 Å². The number of hydrogen-bond acceptors (Lipinski definition) is 6. The number of carbonyl (C=O) groups is 1. The molecule has 1 aliphatic rings. The van der Waals surface area contributed by atoms with Crippen molar-refractivity contribution in [2.75, 3.05) is 47.4 Å². The van der Waals surface area contributed by atoms with Crippen LogP contribution < -0.4 is 29.0 Å². The van der Waals surface area contributed by atoms with Gasteiger partial charge in [-0.05, 0) is 30.3 Å². The Labute approximate surface area is 198 Å². The van der Waals surface area contributed by atoms with Crippen LogP contribution in [0.5, 0.6) is 28.7 Å². The molecule has 0 spiro atoms. The van der Waals surface area contributed by atoms with Crippen LogP contribution in [0.3, 0.4) is 0 Å². The maximum atomic E-state index is 13.6. The number of anilines is 1. The first-order valence-electron chi connectivity index (χ1n) is 10.8. The second kappa shape index (κ2) is 9.86. The van der Waals surface area contributed by atoms with Crippen LogP contribution >= 0.6 is 0 Å². The lowest BCUT2D eigenvalue weighted by Gasteiger charge is -2.37. The fourth-order valence-electron chi connectivity index (χ4n) is 4.33. The van der Waals surface area contributed by atoms with Crippen LogP contribution in [0.15, 0.2) is 48.7 Å². The quantitative estimate of drug-likeness (QED) is 0.562. The van der Waals surface area contributed by atoms with Gasteiger partial charge in [-0.15, -0.1) is 0 Å². The van der Waals surface area contributed by atoms with Crippen LogP contribution in [0.2, 0.25) is 0 Å². The van der Waals surface area contributed by atoms with Gasteiger partial charge in [-0.2, -0.15) is 0 Å². The number of methoxy groups -OCH3 is 5. The summed E-state index contributed by atoms with van der Waals surface area (Å²) >= 11 is 0. The van der Waals surface area contributed by atoms with Crippen LogP contribution in [-0.2, 0) is 6.54 Å². The lowest BCUT2D eigenvalue weighted by molar-refractivity contribution is 0.180. The smallest absolute Gasteiger partial charge is 0.322 e. The third kappa shape index (κ3) is 4.16. The van der Waals surface area contributed by atoms with Gasteiger partial charge in [0.15, 0.2) is 11.5 Å².